The molecule has 0 radical (unpaired) electrons. The Kier molecular flexibility index (Phi) is 5.65. The van der Waals surface area contributed by atoms with Crippen LogP contribution < -0.4 is 0 Å². The fourth-order valence-corrected chi connectivity index (χ4v) is 4.52. The first-order valence-corrected chi connectivity index (χ1v) is 10.6. The van der Waals surface area contributed by atoms with E-state index < -0.39 is 0 Å². The lowest BCUT2D eigenvalue weighted by Gasteiger charge is -2.47. The van der Waals surface area contributed by atoms with Crippen LogP contribution in [0.15, 0.2) is 36.8 Å². The van der Waals surface area contributed by atoms with Gasteiger partial charge in [0, 0.05) is 57.7 Å². The molecule has 2 aliphatic rings. The minimum atomic E-state index is 0.0207. The minimum Gasteiger partial charge on any atom is -0.342 e. The first-order chi connectivity index (χ1) is 14.1. The maximum Gasteiger partial charge on any atom is 0.274 e. The summed E-state index contributed by atoms with van der Waals surface area (Å²) in [5.74, 6) is 0.274. The number of hydrogen-bond acceptors (Lipinski definition) is 4. The van der Waals surface area contributed by atoms with Gasteiger partial charge in [0.2, 0.25) is 5.91 Å². The molecule has 2 fully saturated rings. The number of piperidine rings is 2. The van der Waals surface area contributed by atoms with Crippen LogP contribution in [0, 0.1) is 5.41 Å². The van der Waals surface area contributed by atoms with E-state index in [1.54, 1.807) is 16.9 Å². The van der Waals surface area contributed by atoms with Gasteiger partial charge in [0.15, 0.2) is 0 Å². The Balaban J connectivity index is 1.34. The van der Waals surface area contributed by atoms with E-state index in [0.29, 0.717) is 12.1 Å². The molecule has 0 saturated carbocycles. The van der Waals surface area contributed by atoms with Gasteiger partial charge in [-0.1, -0.05) is 6.07 Å². The number of amides is 2. The van der Waals surface area contributed by atoms with Crippen molar-refractivity contribution >= 4 is 11.8 Å². The maximum absolute atomic E-state index is 12.8. The molecule has 2 aromatic heterocycles. The third-order valence-electron chi connectivity index (χ3n) is 6.44. The Labute approximate surface area is 171 Å². The molecule has 7 heteroatoms. The quantitative estimate of drug-likeness (QED) is 0.779. The highest BCUT2D eigenvalue weighted by Crippen LogP contribution is 2.40. The molecular weight excluding hydrogens is 366 g/mol. The van der Waals surface area contributed by atoms with Gasteiger partial charge in [-0.3, -0.25) is 19.3 Å². The molecule has 1 spiro atoms. The van der Waals surface area contributed by atoms with E-state index in [1.165, 1.54) is 0 Å². The Morgan fingerprint density at radius 3 is 2.72 bits per heavy atom. The summed E-state index contributed by atoms with van der Waals surface area (Å²) in [6, 6.07) is 5.79. The van der Waals surface area contributed by atoms with Crippen LogP contribution in [0.2, 0.25) is 0 Å². The number of rotatable bonds is 5. The summed E-state index contributed by atoms with van der Waals surface area (Å²) in [5, 5.41) is 4.35. The molecule has 0 unspecified atom stereocenters. The van der Waals surface area contributed by atoms with E-state index in [2.05, 4.69) is 16.1 Å². The van der Waals surface area contributed by atoms with E-state index in [0.717, 1.165) is 64.0 Å². The lowest BCUT2D eigenvalue weighted by atomic mass is 9.72. The highest BCUT2D eigenvalue weighted by atomic mass is 16.2. The summed E-state index contributed by atoms with van der Waals surface area (Å²) in [6.45, 7) is 5.79. The SMILES string of the molecule is CCn1ccc(C(=O)N2CCC3(CCC(=O)N(CCc4cccnc4)C3)CC2)n1. The second-order valence-electron chi connectivity index (χ2n) is 8.28. The highest BCUT2D eigenvalue weighted by Gasteiger charge is 2.41. The molecule has 2 aromatic rings. The molecule has 29 heavy (non-hydrogen) atoms. The average Bonchev–Trinajstić information content (AvgIpc) is 3.25. The van der Waals surface area contributed by atoms with Crippen molar-refractivity contribution in [1.82, 2.24) is 24.6 Å². The zero-order valence-electron chi connectivity index (χ0n) is 17.1. The molecule has 2 aliphatic heterocycles. The number of aryl methyl sites for hydroxylation is 1. The largest absolute Gasteiger partial charge is 0.342 e. The second kappa shape index (κ2) is 8.35. The number of hydrogen-bond donors (Lipinski definition) is 0. The summed E-state index contributed by atoms with van der Waals surface area (Å²) in [4.78, 5) is 33.3. The monoisotopic (exact) mass is 395 g/mol. The van der Waals surface area contributed by atoms with Crippen LogP contribution in [-0.4, -0.2) is 62.6 Å². The van der Waals surface area contributed by atoms with Crippen LogP contribution in [0.1, 0.15) is 48.7 Å². The van der Waals surface area contributed by atoms with Gasteiger partial charge in [0.25, 0.3) is 5.91 Å². The summed E-state index contributed by atoms with van der Waals surface area (Å²) >= 11 is 0. The first-order valence-electron chi connectivity index (χ1n) is 10.6. The van der Waals surface area contributed by atoms with E-state index >= 15 is 0 Å². The number of nitrogens with zero attached hydrogens (tertiary/aromatic N) is 5. The number of aromatic nitrogens is 3. The number of carbonyl (C=O) groups is 2. The van der Waals surface area contributed by atoms with Gasteiger partial charge in [-0.25, -0.2) is 0 Å². The van der Waals surface area contributed by atoms with Gasteiger partial charge in [-0.2, -0.15) is 5.10 Å². The van der Waals surface area contributed by atoms with Gasteiger partial charge in [-0.05, 0) is 55.7 Å². The maximum atomic E-state index is 12.8. The zero-order chi connectivity index (χ0) is 20.3. The molecule has 2 amide bonds. The van der Waals surface area contributed by atoms with Crippen molar-refractivity contribution in [2.24, 2.45) is 5.41 Å². The van der Waals surface area contributed by atoms with Gasteiger partial charge in [-0.15, -0.1) is 0 Å². The van der Waals surface area contributed by atoms with Gasteiger partial charge < -0.3 is 9.80 Å². The third-order valence-corrected chi connectivity index (χ3v) is 6.44. The van der Waals surface area contributed by atoms with Crippen LogP contribution in [0.25, 0.3) is 0 Å². The van der Waals surface area contributed by atoms with Crippen molar-refractivity contribution in [3.05, 3.63) is 48.0 Å². The van der Waals surface area contributed by atoms with Crippen LogP contribution in [0.3, 0.4) is 0 Å². The Morgan fingerprint density at radius 2 is 2.03 bits per heavy atom. The molecule has 2 saturated heterocycles. The first kappa shape index (κ1) is 19.6. The number of likely N-dealkylation sites (tertiary alicyclic amines) is 2. The molecule has 7 nitrogen and oxygen atoms in total. The van der Waals surface area contributed by atoms with Crippen molar-refractivity contribution < 1.29 is 9.59 Å². The van der Waals surface area contributed by atoms with Crippen LogP contribution in [0.5, 0.6) is 0 Å². The van der Waals surface area contributed by atoms with Gasteiger partial charge >= 0.3 is 0 Å². The lowest BCUT2D eigenvalue weighted by molar-refractivity contribution is -0.138. The van der Waals surface area contributed by atoms with Crippen molar-refractivity contribution in [3.8, 4) is 0 Å². The molecule has 4 rings (SSSR count). The Morgan fingerprint density at radius 1 is 1.21 bits per heavy atom. The molecule has 0 bridgehead atoms. The van der Waals surface area contributed by atoms with Gasteiger partial charge in [0.05, 0.1) is 0 Å². The number of carbonyl (C=O) groups excluding carboxylic acids is 2. The minimum absolute atomic E-state index is 0.0207. The predicted molar refractivity (Wildman–Crippen MR) is 109 cm³/mol. The topological polar surface area (TPSA) is 71.3 Å². The Hall–Kier alpha value is -2.70. The molecule has 4 heterocycles. The summed E-state index contributed by atoms with van der Waals surface area (Å²) in [6.07, 6.45) is 9.77. The second-order valence-corrected chi connectivity index (χ2v) is 8.28. The average molecular weight is 396 g/mol. The van der Waals surface area contributed by atoms with Crippen molar-refractivity contribution in [1.29, 1.82) is 0 Å². The number of pyridine rings is 1. The van der Waals surface area contributed by atoms with Crippen LogP contribution in [0.4, 0.5) is 0 Å². The predicted octanol–water partition coefficient (Wildman–Crippen LogP) is 2.39. The molecule has 0 N–H and O–H groups in total. The molecule has 0 aliphatic carbocycles. The normalized spacial score (nSPS) is 19.0. The molecular formula is C22H29N5O2. The van der Waals surface area contributed by atoms with E-state index in [4.69, 9.17) is 0 Å². The van der Waals surface area contributed by atoms with Crippen molar-refractivity contribution in [2.75, 3.05) is 26.2 Å². The summed E-state index contributed by atoms with van der Waals surface area (Å²) < 4.78 is 1.78. The van der Waals surface area contributed by atoms with Crippen LogP contribution >= 0.6 is 0 Å². The smallest absolute Gasteiger partial charge is 0.274 e. The van der Waals surface area contributed by atoms with Gasteiger partial charge in [0.1, 0.15) is 5.69 Å². The van der Waals surface area contributed by atoms with Crippen molar-refractivity contribution in [2.45, 2.75) is 45.6 Å². The zero-order valence-corrected chi connectivity index (χ0v) is 17.1. The third kappa shape index (κ3) is 4.33. The fourth-order valence-electron chi connectivity index (χ4n) is 4.52. The van der Waals surface area contributed by atoms with E-state index in [9.17, 15) is 9.59 Å². The molecule has 0 aromatic carbocycles. The molecule has 0 atom stereocenters. The lowest BCUT2D eigenvalue weighted by Crippen LogP contribution is -2.52. The van der Waals surface area contributed by atoms with E-state index in [-0.39, 0.29) is 17.2 Å². The summed E-state index contributed by atoms with van der Waals surface area (Å²) in [5.41, 5.74) is 1.83. The Bertz CT molecular complexity index is 855. The fraction of sp³-hybridized carbons (Fsp3) is 0.545. The van der Waals surface area contributed by atoms with E-state index in [1.807, 2.05) is 35.2 Å². The molecule has 154 valence electrons. The summed E-state index contributed by atoms with van der Waals surface area (Å²) in [7, 11) is 0. The van der Waals surface area contributed by atoms with Crippen LogP contribution in [-0.2, 0) is 17.8 Å². The highest BCUT2D eigenvalue weighted by molar-refractivity contribution is 5.92. The van der Waals surface area contributed by atoms with Crippen molar-refractivity contribution in [3.63, 3.8) is 0 Å². The standard InChI is InChI=1S/C22H29N5O2/c1-2-27-13-7-19(24-27)21(29)25-14-9-22(10-15-25)8-5-20(28)26(17-22)12-6-18-4-3-11-23-16-18/h3-4,7,11,13,16H,2,5-6,8-10,12,14-15,17H2,1H3.